The van der Waals surface area contributed by atoms with Crippen LogP contribution in [-0.4, -0.2) is 34.1 Å². The van der Waals surface area contributed by atoms with Crippen LogP contribution in [0.5, 0.6) is 5.75 Å². The van der Waals surface area contributed by atoms with Crippen LogP contribution in [0.15, 0.2) is 27.2 Å². The van der Waals surface area contributed by atoms with Crippen LogP contribution in [0.3, 0.4) is 0 Å². The van der Waals surface area contributed by atoms with Gasteiger partial charge in [0.15, 0.2) is 11.9 Å². The second-order valence-electron chi connectivity index (χ2n) is 5.35. The van der Waals surface area contributed by atoms with E-state index in [2.05, 4.69) is 26.1 Å². The van der Waals surface area contributed by atoms with E-state index >= 15 is 0 Å². The molecule has 0 saturated heterocycles. The van der Waals surface area contributed by atoms with Gasteiger partial charge in [-0.2, -0.15) is 4.98 Å². The van der Waals surface area contributed by atoms with Crippen LogP contribution in [0.1, 0.15) is 31.1 Å². The number of aromatic nitrogens is 2. The molecule has 0 aliphatic heterocycles. The highest BCUT2D eigenvalue weighted by molar-refractivity contribution is 9.10. The molecule has 0 bridgehead atoms. The molecule has 2 rings (SSSR count). The molecule has 1 aromatic heterocycles. The summed E-state index contributed by atoms with van der Waals surface area (Å²) < 4.78 is 11.7. The molecule has 2 aromatic rings. The third-order valence-electron chi connectivity index (χ3n) is 3.31. The van der Waals surface area contributed by atoms with E-state index in [1.165, 1.54) is 4.90 Å². The first-order valence-electron chi connectivity index (χ1n) is 7.40. The number of halogens is 1. The highest BCUT2D eigenvalue weighted by atomic mass is 79.9. The Bertz CT molecular complexity index is 687. The Morgan fingerprint density at radius 3 is 2.83 bits per heavy atom. The zero-order valence-electron chi connectivity index (χ0n) is 13.7. The second-order valence-corrected chi connectivity index (χ2v) is 6.20. The lowest BCUT2D eigenvalue weighted by molar-refractivity contribution is -0.137. The molecular weight excluding hydrogens is 362 g/mol. The third-order valence-corrected chi connectivity index (χ3v) is 3.93. The zero-order chi connectivity index (χ0) is 17.0. The predicted molar refractivity (Wildman–Crippen MR) is 89.1 cm³/mol. The molecule has 0 aliphatic carbocycles. The number of benzene rings is 1. The number of carbonyl (C=O) groups excluding carboxylic acids is 1. The minimum atomic E-state index is -0.618. The summed E-state index contributed by atoms with van der Waals surface area (Å²) in [7, 11) is 1.68. The van der Waals surface area contributed by atoms with Crippen molar-refractivity contribution >= 4 is 21.8 Å². The Morgan fingerprint density at radius 1 is 1.48 bits per heavy atom. The van der Waals surface area contributed by atoms with Gasteiger partial charge in [-0.25, -0.2) is 0 Å². The number of rotatable bonds is 6. The van der Waals surface area contributed by atoms with Gasteiger partial charge < -0.3 is 14.2 Å². The third kappa shape index (κ3) is 4.54. The largest absolute Gasteiger partial charge is 0.480 e. The number of ether oxygens (including phenoxy) is 1. The lowest BCUT2D eigenvalue weighted by Gasteiger charge is -2.21. The normalized spacial score (nSPS) is 12.0. The van der Waals surface area contributed by atoms with Gasteiger partial charge in [-0.15, -0.1) is 0 Å². The molecule has 1 aromatic carbocycles. The van der Waals surface area contributed by atoms with Gasteiger partial charge in [0.05, 0.1) is 11.0 Å². The van der Waals surface area contributed by atoms with Gasteiger partial charge in [-0.05, 0) is 47.5 Å². The number of hydrogen-bond acceptors (Lipinski definition) is 5. The highest BCUT2D eigenvalue weighted by Crippen LogP contribution is 2.26. The molecule has 0 fully saturated rings. The predicted octanol–water partition coefficient (Wildman–Crippen LogP) is 3.13. The van der Waals surface area contributed by atoms with E-state index in [-0.39, 0.29) is 12.5 Å². The molecule has 6 nitrogen and oxygen atoms in total. The van der Waals surface area contributed by atoms with Crippen molar-refractivity contribution in [2.24, 2.45) is 0 Å². The van der Waals surface area contributed by atoms with Crippen molar-refractivity contribution in [3.05, 3.63) is 40.0 Å². The average Bonchev–Trinajstić information content (AvgIpc) is 2.96. The molecule has 0 saturated carbocycles. The standard InChI is InChI=1S/C16H20BrN3O3/c1-5-14-18-15(23-19-14)9-20(4)16(21)11(3)22-13-7-6-10(2)8-12(13)17/h6-8,11H,5,9H2,1-4H3. The van der Waals surface area contributed by atoms with E-state index in [0.29, 0.717) is 23.9 Å². The van der Waals surface area contributed by atoms with Gasteiger partial charge in [0.25, 0.3) is 5.91 Å². The summed E-state index contributed by atoms with van der Waals surface area (Å²) in [6, 6.07) is 5.72. The molecule has 124 valence electrons. The van der Waals surface area contributed by atoms with Crippen molar-refractivity contribution in [1.82, 2.24) is 15.0 Å². The van der Waals surface area contributed by atoms with Crippen molar-refractivity contribution in [3.8, 4) is 5.75 Å². The Hall–Kier alpha value is -1.89. The fraction of sp³-hybridized carbons (Fsp3) is 0.438. The monoisotopic (exact) mass is 381 g/mol. The first-order chi connectivity index (χ1) is 10.9. The maximum atomic E-state index is 12.4. The SMILES string of the molecule is CCc1noc(CN(C)C(=O)C(C)Oc2ccc(C)cc2Br)n1. The topological polar surface area (TPSA) is 68.5 Å². The minimum Gasteiger partial charge on any atom is -0.480 e. The summed E-state index contributed by atoms with van der Waals surface area (Å²) in [5.41, 5.74) is 1.11. The van der Waals surface area contributed by atoms with Gasteiger partial charge in [0.2, 0.25) is 5.89 Å². The summed E-state index contributed by atoms with van der Waals surface area (Å²) in [6.07, 6.45) is 0.0786. The first kappa shape index (κ1) is 17.5. The maximum Gasteiger partial charge on any atom is 0.263 e. The number of nitrogens with zero attached hydrogens (tertiary/aromatic N) is 3. The second kappa shape index (κ2) is 7.59. The smallest absolute Gasteiger partial charge is 0.263 e. The lowest BCUT2D eigenvalue weighted by Crippen LogP contribution is -2.37. The van der Waals surface area contributed by atoms with Crippen LogP contribution in [0.4, 0.5) is 0 Å². The summed E-state index contributed by atoms with van der Waals surface area (Å²) >= 11 is 3.44. The van der Waals surface area contributed by atoms with E-state index in [1.54, 1.807) is 14.0 Å². The summed E-state index contributed by atoms with van der Waals surface area (Å²) in [6.45, 7) is 5.91. The van der Waals surface area contributed by atoms with E-state index in [4.69, 9.17) is 9.26 Å². The molecule has 0 spiro atoms. The molecule has 1 atom stereocenters. The van der Waals surface area contributed by atoms with Crippen LogP contribution in [0, 0.1) is 6.92 Å². The van der Waals surface area contributed by atoms with Crippen LogP contribution < -0.4 is 4.74 Å². The fourth-order valence-electron chi connectivity index (χ4n) is 2.03. The molecule has 23 heavy (non-hydrogen) atoms. The quantitative estimate of drug-likeness (QED) is 0.768. The van der Waals surface area contributed by atoms with Crippen LogP contribution in [0.2, 0.25) is 0 Å². The van der Waals surface area contributed by atoms with Crippen molar-refractivity contribution in [2.45, 2.75) is 39.8 Å². The zero-order valence-corrected chi connectivity index (χ0v) is 15.3. The van der Waals surface area contributed by atoms with Crippen molar-refractivity contribution in [3.63, 3.8) is 0 Å². The van der Waals surface area contributed by atoms with Gasteiger partial charge >= 0.3 is 0 Å². The summed E-state index contributed by atoms with van der Waals surface area (Å²) in [5, 5.41) is 3.82. The van der Waals surface area contributed by atoms with Gasteiger partial charge in [-0.3, -0.25) is 4.79 Å². The number of carbonyl (C=O) groups is 1. The molecule has 7 heteroatoms. The maximum absolute atomic E-state index is 12.4. The number of amides is 1. The van der Waals surface area contributed by atoms with Crippen LogP contribution in [0.25, 0.3) is 0 Å². The summed E-state index contributed by atoms with van der Waals surface area (Å²) in [4.78, 5) is 18.1. The average molecular weight is 382 g/mol. The summed E-state index contributed by atoms with van der Waals surface area (Å²) in [5.74, 6) is 1.53. The Labute approximate surface area is 143 Å². The van der Waals surface area contributed by atoms with Gasteiger partial charge in [-0.1, -0.05) is 18.1 Å². The highest BCUT2D eigenvalue weighted by Gasteiger charge is 2.22. The van der Waals surface area contributed by atoms with Crippen molar-refractivity contribution < 1.29 is 14.1 Å². The minimum absolute atomic E-state index is 0.159. The molecule has 1 unspecified atom stereocenters. The van der Waals surface area contributed by atoms with Crippen molar-refractivity contribution in [2.75, 3.05) is 7.05 Å². The van der Waals surface area contributed by atoms with Crippen LogP contribution >= 0.6 is 15.9 Å². The van der Waals surface area contributed by atoms with Gasteiger partial charge in [0, 0.05) is 13.5 Å². The Kier molecular flexibility index (Phi) is 5.76. The molecule has 0 N–H and O–H groups in total. The van der Waals surface area contributed by atoms with E-state index in [1.807, 2.05) is 32.0 Å². The number of aryl methyl sites for hydroxylation is 2. The molecule has 1 amide bonds. The Balaban J connectivity index is 1.97. The molecule has 0 aliphatic rings. The van der Waals surface area contributed by atoms with Crippen molar-refractivity contribution in [1.29, 1.82) is 0 Å². The van der Waals surface area contributed by atoms with E-state index in [9.17, 15) is 4.79 Å². The first-order valence-corrected chi connectivity index (χ1v) is 8.19. The molecular formula is C16H20BrN3O3. The van der Waals surface area contributed by atoms with Gasteiger partial charge in [0.1, 0.15) is 5.75 Å². The van der Waals surface area contributed by atoms with E-state index < -0.39 is 6.10 Å². The Morgan fingerprint density at radius 2 is 2.22 bits per heavy atom. The molecule has 0 radical (unpaired) electrons. The number of hydrogen-bond donors (Lipinski definition) is 0. The molecule has 1 heterocycles. The van der Waals surface area contributed by atoms with E-state index in [0.717, 1.165) is 10.0 Å². The van der Waals surface area contributed by atoms with Crippen LogP contribution in [-0.2, 0) is 17.8 Å². The number of likely N-dealkylation sites (N-methyl/N-ethyl adjacent to an activating group) is 1. The lowest BCUT2D eigenvalue weighted by atomic mass is 10.2. The fourth-order valence-corrected chi connectivity index (χ4v) is 2.62.